The predicted octanol–water partition coefficient (Wildman–Crippen LogP) is 1.60. The zero-order valence-electron chi connectivity index (χ0n) is 9.58. The van der Waals surface area contributed by atoms with Gasteiger partial charge in [-0.1, -0.05) is 20.8 Å². The van der Waals surface area contributed by atoms with E-state index >= 15 is 0 Å². The van der Waals surface area contributed by atoms with Crippen LogP contribution < -0.4 is 5.73 Å². The first-order valence-electron chi connectivity index (χ1n) is 5.42. The molecule has 0 aliphatic rings. The Morgan fingerprint density at radius 3 is 2.50 bits per heavy atom. The van der Waals surface area contributed by atoms with Gasteiger partial charge in [0.25, 0.3) is 0 Å². The second-order valence-corrected chi connectivity index (χ2v) is 4.08. The van der Waals surface area contributed by atoms with E-state index in [0.717, 1.165) is 12.8 Å². The smallest absolute Gasteiger partial charge is 0.162 e. The zero-order valence-corrected chi connectivity index (χ0v) is 9.58. The molecular formula is C11H23NO2. The molecule has 0 aromatic heterocycles. The maximum Gasteiger partial charge on any atom is 0.162 e. The lowest BCUT2D eigenvalue weighted by Gasteiger charge is -2.15. The Morgan fingerprint density at radius 2 is 2.07 bits per heavy atom. The molecule has 0 spiro atoms. The van der Waals surface area contributed by atoms with Gasteiger partial charge < -0.3 is 10.5 Å². The molecule has 2 N–H and O–H groups in total. The fourth-order valence-electron chi connectivity index (χ4n) is 1.36. The van der Waals surface area contributed by atoms with Crippen molar-refractivity contribution in [3.05, 3.63) is 0 Å². The van der Waals surface area contributed by atoms with Crippen LogP contribution in [0.2, 0.25) is 0 Å². The van der Waals surface area contributed by atoms with Gasteiger partial charge in [-0.3, -0.25) is 4.79 Å². The maximum atomic E-state index is 11.6. The number of nitrogens with two attached hydrogens (primary N) is 1. The van der Waals surface area contributed by atoms with Crippen molar-refractivity contribution in [2.75, 3.05) is 19.8 Å². The molecule has 0 rings (SSSR count). The van der Waals surface area contributed by atoms with Crippen LogP contribution in [0.1, 0.15) is 33.6 Å². The van der Waals surface area contributed by atoms with Crippen molar-refractivity contribution in [2.24, 2.45) is 17.6 Å². The standard InChI is InChI=1S/C11H23NO2/c1-4-5-14-8-11(13)10(7-12)6-9(2)3/h9-10H,4-8,12H2,1-3H3. The molecule has 0 radical (unpaired) electrons. The summed E-state index contributed by atoms with van der Waals surface area (Å²) in [4.78, 5) is 11.6. The van der Waals surface area contributed by atoms with E-state index in [-0.39, 0.29) is 18.3 Å². The number of hydrogen-bond donors (Lipinski definition) is 1. The summed E-state index contributed by atoms with van der Waals surface area (Å²) in [7, 11) is 0. The Morgan fingerprint density at radius 1 is 1.43 bits per heavy atom. The van der Waals surface area contributed by atoms with E-state index in [1.807, 2.05) is 6.92 Å². The van der Waals surface area contributed by atoms with Crippen molar-refractivity contribution in [1.29, 1.82) is 0 Å². The van der Waals surface area contributed by atoms with Gasteiger partial charge in [0.1, 0.15) is 6.61 Å². The van der Waals surface area contributed by atoms with Gasteiger partial charge in [0.05, 0.1) is 0 Å². The topological polar surface area (TPSA) is 52.3 Å². The van der Waals surface area contributed by atoms with Gasteiger partial charge in [-0.15, -0.1) is 0 Å². The molecule has 1 unspecified atom stereocenters. The minimum absolute atomic E-state index is 0.0214. The van der Waals surface area contributed by atoms with Crippen molar-refractivity contribution in [2.45, 2.75) is 33.6 Å². The van der Waals surface area contributed by atoms with Crippen LogP contribution in [0.4, 0.5) is 0 Å². The normalized spacial score (nSPS) is 13.2. The van der Waals surface area contributed by atoms with E-state index < -0.39 is 0 Å². The second kappa shape index (κ2) is 7.94. The number of Topliss-reactive ketones (excluding diaryl/α,β-unsaturated/α-hetero) is 1. The molecule has 0 heterocycles. The van der Waals surface area contributed by atoms with Crippen LogP contribution in [0.5, 0.6) is 0 Å². The number of hydrogen-bond acceptors (Lipinski definition) is 3. The van der Waals surface area contributed by atoms with Crippen molar-refractivity contribution < 1.29 is 9.53 Å². The number of carbonyl (C=O) groups is 1. The molecule has 3 nitrogen and oxygen atoms in total. The highest BCUT2D eigenvalue weighted by atomic mass is 16.5. The molecule has 84 valence electrons. The van der Waals surface area contributed by atoms with Gasteiger partial charge in [0.15, 0.2) is 5.78 Å². The lowest BCUT2D eigenvalue weighted by molar-refractivity contribution is -0.127. The van der Waals surface area contributed by atoms with E-state index in [0.29, 0.717) is 19.1 Å². The van der Waals surface area contributed by atoms with Crippen molar-refractivity contribution in [3.8, 4) is 0 Å². The van der Waals surface area contributed by atoms with E-state index in [2.05, 4.69) is 13.8 Å². The monoisotopic (exact) mass is 201 g/mol. The molecule has 0 amide bonds. The SMILES string of the molecule is CCCOCC(=O)C(CN)CC(C)C. The Balaban J connectivity index is 3.79. The highest BCUT2D eigenvalue weighted by Crippen LogP contribution is 2.11. The zero-order chi connectivity index (χ0) is 11.0. The van der Waals surface area contributed by atoms with Crippen molar-refractivity contribution in [3.63, 3.8) is 0 Å². The number of ether oxygens (including phenoxy) is 1. The molecule has 0 bridgehead atoms. The minimum Gasteiger partial charge on any atom is -0.374 e. The first-order chi connectivity index (χ1) is 6.61. The third kappa shape index (κ3) is 6.11. The average molecular weight is 201 g/mol. The summed E-state index contributed by atoms with van der Waals surface area (Å²) in [6.07, 6.45) is 1.82. The van der Waals surface area contributed by atoms with Crippen LogP contribution in [-0.2, 0) is 9.53 Å². The summed E-state index contributed by atoms with van der Waals surface area (Å²) in [6, 6.07) is 0. The predicted molar refractivity (Wildman–Crippen MR) is 58.1 cm³/mol. The highest BCUT2D eigenvalue weighted by molar-refractivity contribution is 5.82. The minimum atomic E-state index is -0.0214. The second-order valence-electron chi connectivity index (χ2n) is 4.08. The van der Waals surface area contributed by atoms with Crippen LogP contribution in [0.25, 0.3) is 0 Å². The lowest BCUT2D eigenvalue weighted by atomic mass is 9.94. The first-order valence-corrected chi connectivity index (χ1v) is 5.42. The van der Waals surface area contributed by atoms with Gasteiger partial charge in [0.2, 0.25) is 0 Å². The summed E-state index contributed by atoms with van der Waals surface area (Å²) in [5.41, 5.74) is 5.55. The van der Waals surface area contributed by atoms with Gasteiger partial charge in [0, 0.05) is 19.1 Å². The van der Waals surface area contributed by atoms with Crippen molar-refractivity contribution in [1.82, 2.24) is 0 Å². The molecule has 0 saturated heterocycles. The van der Waals surface area contributed by atoms with Crippen LogP contribution in [-0.4, -0.2) is 25.5 Å². The Hall–Kier alpha value is -0.410. The summed E-state index contributed by atoms with van der Waals surface area (Å²) < 4.78 is 5.20. The average Bonchev–Trinajstić information content (AvgIpc) is 2.14. The number of carbonyl (C=O) groups excluding carboxylic acids is 1. The van der Waals surface area contributed by atoms with Crippen LogP contribution in [0.3, 0.4) is 0 Å². The van der Waals surface area contributed by atoms with E-state index in [9.17, 15) is 4.79 Å². The van der Waals surface area contributed by atoms with E-state index in [1.165, 1.54) is 0 Å². The first kappa shape index (κ1) is 13.6. The van der Waals surface area contributed by atoms with E-state index in [1.54, 1.807) is 0 Å². The van der Waals surface area contributed by atoms with Gasteiger partial charge in [-0.25, -0.2) is 0 Å². The Labute approximate surface area is 87.0 Å². The maximum absolute atomic E-state index is 11.6. The summed E-state index contributed by atoms with van der Waals surface area (Å²) in [6.45, 7) is 7.55. The molecule has 0 saturated carbocycles. The fourth-order valence-corrected chi connectivity index (χ4v) is 1.36. The van der Waals surface area contributed by atoms with E-state index in [4.69, 9.17) is 10.5 Å². The lowest BCUT2D eigenvalue weighted by Crippen LogP contribution is -2.28. The third-order valence-electron chi connectivity index (χ3n) is 2.09. The van der Waals surface area contributed by atoms with Gasteiger partial charge >= 0.3 is 0 Å². The molecule has 0 aliphatic carbocycles. The van der Waals surface area contributed by atoms with Gasteiger partial charge in [-0.05, 0) is 18.8 Å². The molecule has 0 fully saturated rings. The summed E-state index contributed by atoms with van der Waals surface area (Å²) >= 11 is 0. The largest absolute Gasteiger partial charge is 0.374 e. The van der Waals surface area contributed by atoms with Crippen molar-refractivity contribution >= 4 is 5.78 Å². The number of ketones is 1. The third-order valence-corrected chi connectivity index (χ3v) is 2.09. The molecule has 0 aliphatic heterocycles. The van der Waals surface area contributed by atoms with Crippen LogP contribution in [0, 0.1) is 11.8 Å². The molecule has 14 heavy (non-hydrogen) atoms. The summed E-state index contributed by atoms with van der Waals surface area (Å²) in [5.74, 6) is 0.639. The van der Waals surface area contributed by atoms with Crippen LogP contribution >= 0.6 is 0 Å². The Bertz CT molecular complexity index is 157. The molecular weight excluding hydrogens is 178 g/mol. The molecule has 3 heteroatoms. The number of rotatable bonds is 8. The fraction of sp³-hybridized carbons (Fsp3) is 0.909. The molecule has 0 aromatic carbocycles. The quantitative estimate of drug-likeness (QED) is 0.607. The highest BCUT2D eigenvalue weighted by Gasteiger charge is 2.17. The Kier molecular flexibility index (Phi) is 7.71. The van der Waals surface area contributed by atoms with Gasteiger partial charge in [-0.2, -0.15) is 0 Å². The summed E-state index contributed by atoms with van der Waals surface area (Å²) in [5, 5.41) is 0. The molecule has 1 atom stereocenters. The van der Waals surface area contributed by atoms with Crippen LogP contribution in [0.15, 0.2) is 0 Å². The molecule has 0 aromatic rings.